The number of nitrogens with one attached hydrogen (secondary N) is 1. The smallest absolute Gasteiger partial charge is 0.219 e. The van der Waals surface area contributed by atoms with Gasteiger partial charge in [-0.15, -0.1) is 6.58 Å². The average molecular weight is 313 g/mol. The second-order valence-corrected chi connectivity index (χ2v) is 4.83. The van der Waals surface area contributed by atoms with E-state index in [1.165, 1.54) is 16.0 Å². The van der Waals surface area contributed by atoms with Gasteiger partial charge in [0.2, 0.25) is 5.91 Å². The van der Waals surface area contributed by atoms with Crippen LogP contribution in [-0.4, -0.2) is 12.5 Å². The Labute approximate surface area is 141 Å². The molecule has 0 fully saturated rings. The zero-order valence-corrected chi connectivity index (χ0v) is 15.1. The molecule has 1 aromatic carbocycles. The quantitative estimate of drug-likeness (QED) is 0.847. The molecule has 0 saturated carbocycles. The summed E-state index contributed by atoms with van der Waals surface area (Å²) < 4.78 is 0. The van der Waals surface area contributed by atoms with Crippen molar-refractivity contribution in [2.75, 3.05) is 6.54 Å². The summed E-state index contributed by atoms with van der Waals surface area (Å²) in [6.07, 6.45) is 11.0. The van der Waals surface area contributed by atoms with E-state index in [2.05, 4.69) is 48.3 Å². The minimum absolute atomic E-state index is 0.0967. The molecule has 0 unspecified atom stereocenters. The molecule has 0 aromatic heterocycles. The van der Waals surface area contributed by atoms with Crippen LogP contribution in [0.15, 0.2) is 49.1 Å². The topological polar surface area (TPSA) is 29.1 Å². The van der Waals surface area contributed by atoms with Crippen LogP contribution < -0.4 is 15.8 Å². The first kappa shape index (κ1) is 20.9. The molecule has 23 heavy (non-hydrogen) atoms. The molecular formula is C21H31NO. The monoisotopic (exact) mass is 313 g/mol. The molecule has 1 N–H and O–H groups in total. The van der Waals surface area contributed by atoms with Crippen molar-refractivity contribution in [2.24, 2.45) is 0 Å². The van der Waals surface area contributed by atoms with Gasteiger partial charge in [0.1, 0.15) is 0 Å². The zero-order valence-electron chi connectivity index (χ0n) is 15.1. The van der Waals surface area contributed by atoms with Crippen LogP contribution in [0.1, 0.15) is 47.0 Å². The lowest BCUT2D eigenvalue weighted by molar-refractivity contribution is -0.120. The number of carbonyl (C=O) groups excluding carboxylic acids is 1. The summed E-state index contributed by atoms with van der Waals surface area (Å²) in [7, 11) is 0. The highest BCUT2D eigenvalue weighted by molar-refractivity contribution is 5.77. The molecule has 0 aliphatic heterocycles. The minimum atomic E-state index is 0.0967. The molecule has 1 aliphatic rings. The lowest BCUT2D eigenvalue weighted by Gasteiger charge is -2.07. The molecule has 0 saturated heterocycles. The van der Waals surface area contributed by atoms with E-state index in [0.29, 0.717) is 13.0 Å². The SMILES string of the molecule is C=CC.CC.CCC(=O)NCC1=c2\cccc\c2=C\CC/C=C\1. The number of rotatable bonds is 3. The normalized spacial score (nSPS) is 17.1. The highest BCUT2D eigenvalue weighted by atomic mass is 16.1. The molecule has 0 spiro atoms. The predicted molar refractivity (Wildman–Crippen MR) is 102 cm³/mol. The summed E-state index contributed by atoms with van der Waals surface area (Å²) in [5.74, 6) is 0.0967. The predicted octanol–water partition coefficient (Wildman–Crippen LogP) is 3.71. The largest absolute Gasteiger partial charge is 0.352 e. The molecule has 2 nitrogen and oxygen atoms in total. The third kappa shape index (κ3) is 8.20. The van der Waals surface area contributed by atoms with Gasteiger partial charge in [-0.2, -0.15) is 0 Å². The fourth-order valence-electron chi connectivity index (χ4n) is 2.09. The van der Waals surface area contributed by atoms with Crippen LogP contribution in [-0.2, 0) is 4.79 Å². The van der Waals surface area contributed by atoms with Crippen molar-refractivity contribution in [3.63, 3.8) is 0 Å². The van der Waals surface area contributed by atoms with Gasteiger partial charge in [0.15, 0.2) is 0 Å². The van der Waals surface area contributed by atoms with Crippen molar-refractivity contribution in [2.45, 2.75) is 47.0 Å². The van der Waals surface area contributed by atoms with Gasteiger partial charge in [-0.1, -0.05) is 69.3 Å². The van der Waals surface area contributed by atoms with Crippen molar-refractivity contribution in [3.8, 4) is 0 Å². The van der Waals surface area contributed by atoms with Gasteiger partial charge in [-0.3, -0.25) is 4.79 Å². The molecule has 0 heterocycles. The van der Waals surface area contributed by atoms with Crippen LogP contribution in [0.4, 0.5) is 0 Å². The maximum Gasteiger partial charge on any atom is 0.219 e. The van der Waals surface area contributed by atoms with Gasteiger partial charge in [-0.25, -0.2) is 0 Å². The molecular weight excluding hydrogens is 282 g/mol. The number of amides is 1. The number of hydrogen-bond donors (Lipinski definition) is 1. The highest BCUT2D eigenvalue weighted by Crippen LogP contribution is 2.01. The number of allylic oxidation sites excluding steroid dienone is 2. The van der Waals surface area contributed by atoms with Gasteiger partial charge in [-0.05, 0) is 35.8 Å². The first-order valence-corrected chi connectivity index (χ1v) is 8.51. The molecule has 1 aliphatic carbocycles. The Balaban J connectivity index is 0.000000868. The number of carbonyl (C=O) groups is 1. The fraction of sp³-hybridized carbons (Fsp3) is 0.381. The fourth-order valence-corrected chi connectivity index (χ4v) is 2.09. The molecule has 0 atom stereocenters. The van der Waals surface area contributed by atoms with Gasteiger partial charge in [0.05, 0.1) is 0 Å². The lowest BCUT2D eigenvalue weighted by atomic mass is 10.1. The Morgan fingerprint density at radius 3 is 2.57 bits per heavy atom. The van der Waals surface area contributed by atoms with Gasteiger partial charge in [0.25, 0.3) is 0 Å². The molecule has 1 aromatic rings. The summed E-state index contributed by atoms with van der Waals surface area (Å²) in [5, 5.41) is 5.44. The van der Waals surface area contributed by atoms with E-state index in [4.69, 9.17) is 0 Å². The van der Waals surface area contributed by atoms with Gasteiger partial charge >= 0.3 is 0 Å². The van der Waals surface area contributed by atoms with Crippen LogP contribution in [0.25, 0.3) is 11.6 Å². The third-order valence-electron chi connectivity index (χ3n) is 3.12. The standard InChI is InChI=1S/C16H19NO.C3H6.C2H6/c1-2-16(18)17-12-14-10-5-3-4-8-13-9-6-7-11-15(13)14;1-3-2;1-2/h5-11H,2-4,12H2,1H3,(H,17,18);3H,1H2,2H3;1-2H3/b10-5-,13-8-,15-14+;;. The molecule has 0 radical (unpaired) electrons. The van der Waals surface area contributed by atoms with Crippen LogP contribution >= 0.6 is 0 Å². The van der Waals surface area contributed by atoms with Crippen molar-refractivity contribution in [3.05, 3.63) is 59.5 Å². The molecule has 1 amide bonds. The van der Waals surface area contributed by atoms with Gasteiger partial charge in [0, 0.05) is 13.0 Å². The first-order chi connectivity index (χ1) is 11.2. The minimum Gasteiger partial charge on any atom is -0.352 e. The maximum atomic E-state index is 11.4. The van der Waals surface area contributed by atoms with Crippen LogP contribution in [0.5, 0.6) is 0 Å². The zero-order chi connectivity index (χ0) is 17.5. The third-order valence-corrected chi connectivity index (χ3v) is 3.12. The number of benzene rings is 1. The van der Waals surface area contributed by atoms with E-state index in [-0.39, 0.29) is 5.91 Å². The molecule has 126 valence electrons. The Kier molecular flexibility index (Phi) is 12.3. The molecule has 0 bridgehead atoms. The van der Waals surface area contributed by atoms with Gasteiger partial charge < -0.3 is 5.32 Å². The molecule has 2 heteroatoms. The van der Waals surface area contributed by atoms with Crippen molar-refractivity contribution in [1.82, 2.24) is 5.32 Å². The van der Waals surface area contributed by atoms with E-state index in [1.54, 1.807) is 6.08 Å². The second kappa shape index (κ2) is 13.6. The Morgan fingerprint density at radius 1 is 1.26 bits per heavy atom. The van der Waals surface area contributed by atoms with E-state index in [0.717, 1.165) is 12.8 Å². The summed E-state index contributed by atoms with van der Waals surface area (Å²) in [5.41, 5.74) is 1.18. The Hall–Kier alpha value is -2.09. The van der Waals surface area contributed by atoms with E-state index >= 15 is 0 Å². The Bertz CT molecular complexity index is 611. The van der Waals surface area contributed by atoms with Crippen molar-refractivity contribution < 1.29 is 4.79 Å². The Morgan fingerprint density at radius 2 is 1.91 bits per heavy atom. The highest BCUT2D eigenvalue weighted by Gasteiger charge is 2.01. The molecule has 2 rings (SSSR count). The summed E-state index contributed by atoms with van der Waals surface area (Å²) in [6, 6.07) is 8.36. The van der Waals surface area contributed by atoms with Crippen LogP contribution in [0.3, 0.4) is 0 Å². The average Bonchev–Trinajstić information content (AvgIpc) is 2.57. The van der Waals surface area contributed by atoms with Crippen LogP contribution in [0.2, 0.25) is 0 Å². The first-order valence-electron chi connectivity index (χ1n) is 8.51. The lowest BCUT2D eigenvalue weighted by Crippen LogP contribution is -2.32. The van der Waals surface area contributed by atoms with E-state index < -0.39 is 0 Å². The maximum absolute atomic E-state index is 11.4. The van der Waals surface area contributed by atoms with Crippen molar-refractivity contribution in [1.29, 1.82) is 0 Å². The number of fused-ring (bicyclic) bond motifs is 1. The summed E-state index contributed by atoms with van der Waals surface area (Å²) >= 11 is 0. The van der Waals surface area contributed by atoms with E-state index in [9.17, 15) is 4.79 Å². The van der Waals surface area contributed by atoms with Crippen LogP contribution in [0, 0.1) is 0 Å². The second-order valence-electron chi connectivity index (χ2n) is 4.83. The van der Waals surface area contributed by atoms with Crippen molar-refractivity contribution >= 4 is 17.6 Å². The van der Waals surface area contributed by atoms with E-state index in [1.807, 2.05) is 33.8 Å². The summed E-state index contributed by atoms with van der Waals surface area (Å²) in [6.45, 7) is 11.7. The number of hydrogen-bond acceptors (Lipinski definition) is 1. The summed E-state index contributed by atoms with van der Waals surface area (Å²) in [4.78, 5) is 11.4.